The Hall–Kier alpha value is -5.78. The number of phenols is 2. The fourth-order valence-electron chi connectivity index (χ4n) is 3.82. The zero-order valence-corrected chi connectivity index (χ0v) is 22.2. The number of aliphatic imine (C=N–C) groups is 2. The summed E-state index contributed by atoms with van der Waals surface area (Å²) in [5.41, 5.74) is 0.622. The second-order valence-corrected chi connectivity index (χ2v) is 8.80. The molecule has 214 valence electrons. The maximum atomic E-state index is 11.1. The molecule has 4 aromatic carbocycles. The van der Waals surface area contributed by atoms with Gasteiger partial charge in [0.15, 0.2) is 0 Å². The number of benzene rings is 4. The highest BCUT2D eigenvalue weighted by Gasteiger charge is 2.16. The lowest BCUT2D eigenvalue weighted by molar-refractivity contribution is -0.386. The lowest BCUT2D eigenvalue weighted by Crippen LogP contribution is -2.03. The van der Waals surface area contributed by atoms with Crippen LogP contribution in [-0.2, 0) is 0 Å². The maximum Gasteiger partial charge on any atom is 0.311 e. The van der Waals surface area contributed by atoms with Crippen LogP contribution in [0.1, 0.15) is 24.0 Å². The molecule has 0 unspecified atom stereocenters. The van der Waals surface area contributed by atoms with Gasteiger partial charge in [-0.15, -0.1) is 0 Å². The van der Waals surface area contributed by atoms with Gasteiger partial charge in [0.25, 0.3) is 0 Å². The Kier molecular flexibility index (Phi) is 9.76. The SMILES string of the molecule is O=[N+]([O-])c1cccc(C=Nc2ccccc2OCCCCOc2ccccc2N=Cc2cccc([N+](=O)[O-])c2O)c1O. The van der Waals surface area contributed by atoms with Gasteiger partial charge >= 0.3 is 11.4 Å². The Morgan fingerprint density at radius 3 is 1.43 bits per heavy atom. The molecule has 0 fully saturated rings. The number of phenolic OH excluding ortho intramolecular Hbond substituents is 2. The number of hydrogen-bond donors (Lipinski definition) is 2. The van der Waals surface area contributed by atoms with Gasteiger partial charge in [-0.3, -0.25) is 30.2 Å². The number of ether oxygens (including phenoxy) is 2. The first kappa shape index (κ1) is 29.2. The van der Waals surface area contributed by atoms with Crippen LogP contribution >= 0.6 is 0 Å². The van der Waals surface area contributed by atoms with Gasteiger partial charge in [-0.25, -0.2) is 0 Å². The first-order valence-electron chi connectivity index (χ1n) is 12.8. The molecule has 0 aliphatic heterocycles. The fourth-order valence-corrected chi connectivity index (χ4v) is 3.82. The fraction of sp³-hybridized carbons (Fsp3) is 0.133. The highest BCUT2D eigenvalue weighted by molar-refractivity contribution is 5.88. The van der Waals surface area contributed by atoms with E-state index in [1.165, 1.54) is 48.8 Å². The van der Waals surface area contributed by atoms with Crippen LogP contribution in [0.2, 0.25) is 0 Å². The van der Waals surface area contributed by atoms with E-state index in [9.17, 15) is 30.4 Å². The normalized spacial score (nSPS) is 11.1. The van der Waals surface area contributed by atoms with E-state index in [1.807, 2.05) is 0 Å². The van der Waals surface area contributed by atoms with E-state index in [1.54, 1.807) is 48.5 Å². The smallest absolute Gasteiger partial charge is 0.311 e. The third-order valence-corrected chi connectivity index (χ3v) is 5.96. The van der Waals surface area contributed by atoms with E-state index in [0.29, 0.717) is 48.9 Å². The summed E-state index contributed by atoms with van der Waals surface area (Å²) in [6.45, 7) is 0.758. The monoisotopic (exact) mass is 570 g/mol. The number of nitro benzene ring substituents is 2. The van der Waals surface area contributed by atoms with E-state index in [-0.39, 0.29) is 11.1 Å². The summed E-state index contributed by atoms with van der Waals surface area (Å²) >= 11 is 0. The number of rotatable bonds is 13. The predicted molar refractivity (Wildman–Crippen MR) is 157 cm³/mol. The van der Waals surface area contributed by atoms with Gasteiger partial charge in [0, 0.05) is 35.7 Å². The Labute approximate surface area is 240 Å². The van der Waals surface area contributed by atoms with Crippen LogP contribution in [0.3, 0.4) is 0 Å². The summed E-state index contributed by atoms with van der Waals surface area (Å²) < 4.78 is 11.8. The summed E-state index contributed by atoms with van der Waals surface area (Å²) in [6, 6.07) is 22.5. The van der Waals surface area contributed by atoms with E-state index in [0.717, 1.165) is 0 Å². The van der Waals surface area contributed by atoms with Gasteiger partial charge in [-0.2, -0.15) is 0 Å². The van der Waals surface area contributed by atoms with Gasteiger partial charge in [-0.05, 0) is 49.2 Å². The molecule has 0 saturated heterocycles. The number of para-hydroxylation sites is 6. The molecule has 0 heterocycles. The van der Waals surface area contributed by atoms with Gasteiger partial charge < -0.3 is 19.7 Å². The van der Waals surface area contributed by atoms with Crippen molar-refractivity contribution in [3.05, 3.63) is 116 Å². The Morgan fingerprint density at radius 2 is 1.02 bits per heavy atom. The van der Waals surface area contributed by atoms with Gasteiger partial charge in [0.1, 0.15) is 22.9 Å². The van der Waals surface area contributed by atoms with Crippen LogP contribution in [-0.4, -0.2) is 45.7 Å². The highest BCUT2D eigenvalue weighted by Crippen LogP contribution is 2.32. The number of hydrogen-bond acceptors (Lipinski definition) is 10. The maximum absolute atomic E-state index is 11.1. The minimum Gasteiger partial charge on any atom is -0.502 e. The van der Waals surface area contributed by atoms with Crippen molar-refractivity contribution in [2.24, 2.45) is 9.98 Å². The topological polar surface area (TPSA) is 170 Å². The first-order chi connectivity index (χ1) is 20.3. The third-order valence-electron chi connectivity index (χ3n) is 5.96. The third kappa shape index (κ3) is 7.45. The average Bonchev–Trinajstić information content (AvgIpc) is 2.98. The van der Waals surface area contributed by atoms with Crippen LogP contribution < -0.4 is 9.47 Å². The van der Waals surface area contributed by atoms with E-state index in [2.05, 4.69) is 9.98 Å². The van der Waals surface area contributed by atoms with Crippen molar-refractivity contribution in [3.8, 4) is 23.0 Å². The molecule has 0 atom stereocenters. The van der Waals surface area contributed by atoms with Crippen LogP contribution in [0.5, 0.6) is 23.0 Å². The van der Waals surface area contributed by atoms with Crippen molar-refractivity contribution >= 4 is 35.2 Å². The molecule has 0 bridgehead atoms. The summed E-state index contributed by atoms with van der Waals surface area (Å²) in [4.78, 5) is 29.5. The van der Waals surface area contributed by atoms with Gasteiger partial charge in [-0.1, -0.05) is 36.4 Å². The summed E-state index contributed by atoms with van der Waals surface area (Å²) in [7, 11) is 0. The molecule has 42 heavy (non-hydrogen) atoms. The van der Waals surface area contributed by atoms with Crippen molar-refractivity contribution in [2.45, 2.75) is 12.8 Å². The zero-order chi connectivity index (χ0) is 29.9. The van der Waals surface area contributed by atoms with E-state index >= 15 is 0 Å². The van der Waals surface area contributed by atoms with Crippen LogP contribution in [0, 0.1) is 20.2 Å². The predicted octanol–water partition coefficient (Wildman–Crippen LogP) is 6.65. The molecule has 0 aliphatic carbocycles. The van der Waals surface area contributed by atoms with Crippen molar-refractivity contribution < 1.29 is 29.5 Å². The highest BCUT2D eigenvalue weighted by atomic mass is 16.6. The van der Waals surface area contributed by atoms with Crippen LogP contribution in [0.25, 0.3) is 0 Å². The summed E-state index contributed by atoms with van der Waals surface area (Å²) in [5.74, 6) is 0.116. The Balaban J connectivity index is 1.30. The molecule has 2 N–H and O–H groups in total. The molecule has 0 radical (unpaired) electrons. The lowest BCUT2D eigenvalue weighted by Gasteiger charge is -2.10. The molecule has 0 spiro atoms. The van der Waals surface area contributed by atoms with Crippen molar-refractivity contribution in [1.82, 2.24) is 0 Å². The van der Waals surface area contributed by atoms with Crippen molar-refractivity contribution in [2.75, 3.05) is 13.2 Å². The molecule has 4 rings (SSSR count). The van der Waals surface area contributed by atoms with E-state index in [4.69, 9.17) is 9.47 Å². The summed E-state index contributed by atoms with van der Waals surface area (Å²) in [6.07, 6.45) is 4.02. The average molecular weight is 571 g/mol. The Bertz CT molecular complexity index is 1520. The van der Waals surface area contributed by atoms with Crippen LogP contribution in [0.4, 0.5) is 22.7 Å². The second-order valence-electron chi connectivity index (χ2n) is 8.80. The molecular weight excluding hydrogens is 544 g/mol. The largest absolute Gasteiger partial charge is 0.502 e. The number of aromatic hydroxyl groups is 2. The number of unbranched alkanes of at least 4 members (excludes halogenated alkanes) is 1. The molecule has 12 heteroatoms. The summed E-state index contributed by atoms with van der Waals surface area (Å²) in [5, 5.41) is 42.4. The van der Waals surface area contributed by atoms with Crippen molar-refractivity contribution in [1.29, 1.82) is 0 Å². The van der Waals surface area contributed by atoms with E-state index < -0.39 is 32.7 Å². The minimum absolute atomic E-state index is 0.211. The second kappa shape index (κ2) is 14.0. The quantitative estimate of drug-likeness (QED) is 0.0778. The zero-order valence-electron chi connectivity index (χ0n) is 22.2. The lowest BCUT2D eigenvalue weighted by atomic mass is 10.2. The molecule has 0 amide bonds. The molecular formula is C30H26N4O8. The van der Waals surface area contributed by atoms with Gasteiger partial charge in [0.2, 0.25) is 11.5 Å². The molecule has 12 nitrogen and oxygen atoms in total. The standard InChI is InChI=1S/C30H26N4O8/c35-29-21(9-7-13-25(29)33(37)38)19-31-23-11-1-3-15-27(23)41-17-5-6-18-42-28-16-4-2-12-24(28)32-20-22-10-8-14-26(30(22)36)34(39)40/h1-4,7-16,19-20,35-36H,5-6,17-18H2. The van der Waals surface area contributed by atoms with Gasteiger partial charge in [0.05, 0.1) is 23.1 Å². The Morgan fingerprint density at radius 1 is 0.619 bits per heavy atom. The molecule has 0 saturated carbocycles. The molecule has 0 aliphatic rings. The number of nitro groups is 2. The molecule has 0 aromatic heterocycles. The minimum atomic E-state index is -0.661. The van der Waals surface area contributed by atoms with Crippen LogP contribution in [0.15, 0.2) is 94.9 Å². The molecule has 4 aromatic rings. The number of nitrogens with zero attached hydrogens (tertiary/aromatic N) is 4. The van der Waals surface area contributed by atoms with Crippen molar-refractivity contribution in [3.63, 3.8) is 0 Å². The first-order valence-corrected chi connectivity index (χ1v) is 12.8.